The van der Waals surface area contributed by atoms with Crippen molar-refractivity contribution in [1.29, 1.82) is 0 Å². The van der Waals surface area contributed by atoms with Gasteiger partial charge in [-0.3, -0.25) is 5.32 Å². The Hall–Kier alpha value is -1.75. The highest BCUT2D eigenvalue weighted by Crippen LogP contribution is 2.18. The van der Waals surface area contributed by atoms with Crippen LogP contribution in [0.4, 0.5) is 16.2 Å². The van der Waals surface area contributed by atoms with Gasteiger partial charge in [-0.25, -0.2) is 4.79 Å². The Bertz CT molecular complexity index is 459. The number of rotatable bonds is 3. The van der Waals surface area contributed by atoms with E-state index in [1.54, 1.807) is 0 Å². The van der Waals surface area contributed by atoms with E-state index in [9.17, 15) is 4.79 Å². The summed E-state index contributed by atoms with van der Waals surface area (Å²) in [5.41, 5.74) is 1.33. The lowest BCUT2D eigenvalue weighted by Crippen LogP contribution is -2.35. The quantitative estimate of drug-likeness (QED) is 0.800. The highest BCUT2D eigenvalue weighted by atomic mass is 16.6. The van der Waals surface area contributed by atoms with Crippen LogP contribution in [0.1, 0.15) is 33.6 Å². The maximum Gasteiger partial charge on any atom is 0.412 e. The summed E-state index contributed by atoms with van der Waals surface area (Å²) in [7, 11) is 0. The summed E-state index contributed by atoms with van der Waals surface area (Å²) in [6, 6.07) is 8.25. The van der Waals surface area contributed by atoms with Crippen LogP contribution in [0.25, 0.3) is 0 Å². The van der Waals surface area contributed by atoms with E-state index in [0.717, 1.165) is 37.3 Å². The van der Waals surface area contributed by atoms with Crippen molar-refractivity contribution in [2.75, 3.05) is 23.7 Å². The van der Waals surface area contributed by atoms with Crippen LogP contribution < -0.4 is 16.0 Å². The largest absolute Gasteiger partial charge is 0.444 e. The highest BCUT2D eigenvalue weighted by Gasteiger charge is 2.16. The molecule has 1 aromatic carbocycles. The van der Waals surface area contributed by atoms with Gasteiger partial charge in [0.25, 0.3) is 0 Å². The van der Waals surface area contributed by atoms with E-state index < -0.39 is 11.7 Å². The fourth-order valence-corrected chi connectivity index (χ4v) is 2.27. The van der Waals surface area contributed by atoms with Crippen molar-refractivity contribution in [3.8, 4) is 0 Å². The van der Waals surface area contributed by atoms with Crippen molar-refractivity contribution in [1.82, 2.24) is 5.32 Å². The molecule has 1 amide bonds. The molecule has 5 nitrogen and oxygen atoms in total. The molecule has 0 spiro atoms. The van der Waals surface area contributed by atoms with Crippen LogP contribution in [0.2, 0.25) is 0 Å². The minimum Gasteiger partial charge on any atom is -0.444 e. The first kappa shape index (κ1) is 15.6. The van der Waals surface area contributed by atoms with Crippen LogP contribution in [-0.2, 0) is 4.74 Å². The van der Waals surface area contributed by atoms with Crippen LogP contribution >= 0.6 is 0 Å². The maximum absolute atomic E-state index is 11.7. The average Bonchev–Trinajstić information content (AvgIpc) is 2.40. The molecule has 0 aliphatic carbocycles. The van der Waals surface area contributed by atoms with E-state index in [2.05, 4.69) is 16.0 Å². The van der Waals surface area contributed by atoms with Crippen molar-refractivity contribution in [3.63, 3.8) is 0 Å². The molecule has 1 aliphatic heterocycles. The molecule has 0 bridgehead atoms. The van der Waals surface area contributed by atoms with E-state index in [1.165, 1.54) is 0 Å². The highest BCUT2D eigenvalue weighted by molar-refractivity contribution is 5.85. The number of anilines is 2. The van der Waals surface area contributed by atoms with Crippen molar-refractivity contribution in [2.45, 2.75) is 45.3 Å². The molecule has 5 heteroatoms. The molecule has 1 saturated heterocycles. The zero-order valence-corrected chi connectivity index (χ0v) is 13.0. The fourth-order valence-electron chi connectivity index (χ4n) is 2.27. The van der Waals surface area contributed by atoms with Crippen molar-refractivity contribution in [2.24, 2.45) is 0 Å². The Morgan fingerprint density at radius 2 is 1.71 bits per heavy atom. The van der Waals surface area contributed by atoms with Gasteiger partial charge in [0, 0.05) is 17.4 Å². The van der Waals surface area contributed by atoms with Crippen molar-refractivity contribution >= 4 is 17.5 Å². The Morgan fingerprint density at radius 3 is 2.29 bits per heavy atom. The number of amides is 1. The normalized spacial score (nSPS) is 16.3. The molecular weight excluding hydrogens is 266 g/mol. The van der Waals surface area contributed by atoms with Crippen LogP contribution in [0.5, 0.6) is 0 Å². The first-order valence-electron chi connectivity index (χ1n) is 7.50. The van der Waals surface area contributed by atoms with E-state index in [0.29, 0.717) is 6.04 Å². The lowest BCUT2D eigenvalue weighted by Gasteiger charge is -2.24. The van der Waals surface area contributed by atoms with Gasteiger partial charge in [0.1, 0.15) is 5.60 Å². The maximum atomic E-state index is 11.7. The molecule has 0 atom stereocenters. The van der Waals surface area contributed by atoms with E-state index in [-0.39, 0.29) is 0 Å². The van der Waals surface area contributed by atoms with Gasteiger partial charge in [-0.1, -0.05) is 0 Å². The SMILES string of the molecule is CC(C)(C)OC(=O)Nc1ccc(NC2CCNCC2)cc1. The van der Waals surface area contributed by atoms with Crippen molar-refractivity contribution in [3.05, 3.63) is 24.3 Å². The molecule has 1 fully saturated rings. The first-order chi connectivity index (χ1) is 9.92. The van der Waals surface area contributed by atoms with Gasteiger partial charge in [-0.15, -0.1) is 0 Å². The predicted molar refractivity (Wildman–Crippen MR) is 85.8 cm³/mol. The number of benzene rings is 1. The Kier molecular flexibility index (Phi) is 5.07. The molecular formula is C16H25N3O2. The number of piperidine rings is 1. The molecule has 1 aromatic rings. The molecule has 2 rings (SSSR count). The Morgan fingerprint density at radius 1 is 1.14 bits per heavy atom. The fraction of sp³-hybridized carbons (Fsp3) is 0.562. The summed E-state index contributed by atoms with van der Waals surface area (Å²) < 4.78 is 5.22. The topological polar surface area (TPSA) is 62.4 Å². The molecule has 21 heavy (non-hydrogen) atoms. The van der Waals surface area contributed by atoms with Crippen molar-refractivity contribution < 1.29 is 9.53 Å². The van der Waals surface area contributed by atoms with Crippen LogP contribution in [0.15, 0.2) is 24.3 Å². The third-order valence-corrected chi connectivity index (χ3v) is 3.24. The molecule has 1 aliphatic rings. The number of ether oxygens (including phenoxy) is 1. The zero-order chi connectivity index (χ0) is 15.3. The monoisotopic (exact) mass is 291 g/mol. The number of carbonyl (C=O) groups excluding carboxylic acids is 1. The summed E-state index contributed by atoms with van der Waals surface area (Å²) in [6.07, 6.45) is 1.84. The number of carbonyl (C=O) groups is 1. The standard InChI is InChI=1S/C16H25N3O2/c1-16(2,3)21-15(20)19-13-6-4-12(5-7-13)18-14-8-10-17-11-9-14/h4-7,14,17-18H,8-11H2,1-3H3,(H,19,20). The van der Waals surface area contributed by atoms with Gasteiger partial charge in [0.05, 0.1) is 0 Å². The second-order valence-electron chi connectivity index (χ2n) is 6.37. The lowest BCUT2D eigenvalue weighted by molar-refractivity contribution is 0.0636. The molecule has 3 N–H and O–H groups in total. The summed E-state index contributed by atoms with van der Waals surface area (Å²) in [5.74, 6) is 0. The molecule has 116 valence electrons. The Labute approximate surface area is 126 Å². The number of hydrogen-bond donors (Lipinski definition) is 3. The summed E-state index contributed by atoms with van der Waals surface area (Å²) in [5, 5.41) is 9.59. The predicted octanol–water partition coefficient (Wildman–Crippen LogP) is 3.20. The van der Waals surface area contributed by atoms with Crippen LogP contribution in [-0.4, -0.2) is 30.8 Å². The first-order valence-corrected chi connectivity index (χ1v) is 7.50. The molecule has 0 aromatic heterocycles. The van der Waals surface area contributed by atoms with Gasteiger partial charge in [0.2, 0.25) is 0 Å². The smallest absolute Gasteiger partial charge is 0.412 e. The third-order valence-electron chi connectivity index (χ3n) is 3.24. The molecule has 0 unspecified atom stereocenters. The minimum absolute atomic E-state index is 0.429. The molecule has 1 heterocycles. The van der Waals surface area contributed by atoms with Crippen LogP contribution in [0, 0.1) is 0 Å². The van der Waals surface area contributed by atoms with Gasteiger partial charge in [-0.2, -0.15) is 0 Å². The summed E-state index contributed by atoms with van der Waals surface area (Å²) in [6.45, 7) is 7.67. The van der Waals surface area contributed by atoms with E-state index in [4.69, 9.17) is 4.74 Å². The third kappa shape index (κ3) is 5.63. The molecule has 0 saturated carbocycles. The number of hydrogen-bond acceptors (Lipinski definition) is 4. The molecule has 0 radical (unpaired) electrons. The second kappa shape index (κ2) is 6.80. The lowest BCUT2D eigenvalue weighted by atomic mass is 10.1. The zero-order valence-electron chi connectivity index (χ0n) is 13.0. The van der Waals surface area contributed by atoms with E-state index in [1.807, 2.05) is 45.0 Å². The van der Waals surface area contributed by atoms with Crippen LogP contribution in [0.3, 0.4) is 0 Å². The summed E-state index contributed by atoms with van der Waals surface area (Å²) in [4.78, 5) is 11.7. The second-order valence-corrected chi connectivity index (χ2v) is 6.37. The average molecular weight is 291 g/mol. The van der Waals surface area contributed by atoms with Gasteiger partial charge in [-0.05, 0) is 71.0 Å². The Balaban J connectivity index is 1.85. The van der Waals surface area contributed by atoms with Gasteiger partial charge in [0.15, 0.2) is 0 Å². The number of nitrogens with one attached hydrogen (secondary N) is 3. The van der Waals surface area contributed by atoms with Gasteiger partial charge < -0.3 is 15.4 Å². The minimum atomic E-state index is -0.486. The van der Waals surface area contributed by atoms with E-state index >= 15 is 0 Å². The van der Waals surface area contributed by atoms with Gasteiger partial charge >= 0.3 is 6.09 Å². The summed E-state index contributed by atoms with van der Waals surface area (Å²) >= 11 is 0.